The molecule has 2 aromatic heterocycles. The standard InChI is InChI=1S/C19H18N2O2.C12H12N2O2/c1-2-23-19(22)17-13-18(16-11-7-4-8-12-16)21(20-17)14-15-9-5-3-6-10-15;1-2-16-12(15)11-8-10(13-14-11)9-6-4-3-5-7-9/h3-13H,2,14H2,1H3;3-8H,2H2,1H3,(H,13,14). The van der Waals surface area contributed by atoms with Gasteiger partial charge in [0.25, 0.3) is 0 Å². The molecule has 39 heavy (non-hydrogen) atoms. The molecule has 8 nitrogen and oxygen atoms in total. The molecule has 0 radical (unpaired) electrons. The molecule has 0 aliphatic carbocycles. The summed E-state index contributed by atoms with van der Waals surface area (Å²) in [5.41, 5.74) is 5.47. The zero-order valence-corrected chi connectivity index (χ0v) is 21.9. The molecule has 8 heteroatoms. The predicted octanol–water partition coefficient (Wildman–Crippen LogP) is 6.03. The average molecular weight is 523 g/mol. The molecule has 0 aliphatic rings. The van der Waals surface area contributed by atoms with Crippen molar-refractivity contribution in [1.82, 2.24) is 20.0 Å². The van der Waals surface area contributed by atoms with Gasteiger partial charge in [-0.3, -0.25) is 9.78 Å². The second-order valence-electron chi connectivity index (χ2n) is 8.40. The molecule has 1 N–H and O–H groups in total. The fraction of sp³-hybridized carbons (Fsp3) is 0.161. The maximum Gasteiger partial charge on any atom is 0.358 e. The summed E-state index contributed by atoms with van der Waals surface area (Å²) < 4.78 is 11.8. The van der Waals surface area contributed by atoms with Crippen molar-refractivity contribution in [2.75, 3.05) is 13.2 Å². The quantitative estimate of drug-likeness (QED) is 0.250. The lowest BCUT2D eigenvalue weighted by molar-refractivity contribution is 0.0509. The third kappa shape index (κ3) is 7.29. The Bertz CT molecular complexity index is 1480. The lowest BCUT2D eigenvalue weighted by atomic mass is 10.1. The minimum Gasteiger partial charge on any atom is -0.461 e. The molecule has 2 heterocycles. The summed E-state index contributed by atoms with van der Waals surface area (Å²) in [5, 5.41) is 11.2. The van der Waals surface area contributed by atoms with Gasteiger partial charge >= 0.3 is 11.9 Å². The zero-order chi connectivity index (χ0) is 27.5. The van der Waals surface area contributed by atoms with Gasteiger partial charge in [0.1, 0.15) is 5.69 Å². The van der Waals surface area contributed by atoms with E-state index in [0.717, 1.165) is 28.1 Å². The number of aromatic nitrogens is 4. The number of esters is 2. The lowest BCUT2D eigenvalue weighted by Gasteiger charge is -2.07. The average Bonchev–Trinajstić information content (AvgIpc) is 3.64. The van der Waals surface area contributed by atoms with E-state index in [2.05, 4.69) is 15.3 Å². The number of hydrogen-bond acceptors (Lipinski definition) is 6. The van der Waals surface area contributed by atoms with E-state index in [-0.39, 0.29) is 5.97 Å². The molecule has 5 aromatic rings. The van der Waals surface area contributed by atoms with Gasteiger partial charge in [0.15, 0.2) is 5.69 Å². The number of aromatic amines is 1. The zero-order valence-electron chi connectivity index (χ0n) is 21.9. The van der Waals surface area contributed by atoms with Crippen LogP contribution in [0.15, 0.2) is 103 Å². The van der Waals surface area contributed by atoms with Crippen molar-refractivity contribution in [2.45, 2.75) is 20.4 Å². The van der Waals surface area contributed by atoms with Crippen molar-refractivity contribution in [1.29, 1.82) is 0 Å². The van der Waals surface area contributed by atoms with Gasteiger partial charge < -0.3 is 9.47 Å². The molecule has 0 bridgehead atoms. The van der Waals surface area contributed by atoms with Crippen LogP contribution in [0.1, 0.15) is 40.4 Å². The minimum atomic E-state index is -0.392. The minimum absolute atomic E-state index is 0.335. The monoisotopic (exact) mass is 522 g/mol. The second-order valence-corrected chi connectivity index (χ2v) is 8.40. The Hall–Kier alpha value is -4.98. The summed E-state index contributed by atoms with van der Waals surface area (Å²) in [4.78, 5) is 23.4. The van der Waals surface area contributed by atoms with Gasteiger partial charge in [0.2, 0.25) is 0 Å². The highest BCUT2D eigenvalue weighted by Crippen LogP contribution is 2.22. The second kappa shape index (κ2) is 13.5. The first-order chi connectivity index (χ1) is 19.1. The summed E-state index contributed by atoms with van der Waals surface area (Å²) in [6, 6.07) is 33.1. The van der Waals surface area contributed by atoms with Crippen molar-refractivity contribution >= 4 is 11.9 Å². The van der Waals surface area contributed by atoms with Crippen LogP contribution in [0.3, 0.4) is 0 Å². The summed E-state index contributed by atoms with van der Waals surface area (Å²) >= 11 is 0. The normalized spacial score (nSPS) is 10.3. The van der Waals surface area contributed by atoms with E-state index in [4.69, 9.17) is 9.47 Å². The molecule has 0 fully saturated rings. The Balaban J connectivity index is 0.000000193. The Morgan fingerprint density at radius 1 is 0.744 bits per heavy atom. The molecule has 0 unspecified atom stereocenters. The maximum absolute atomic E-state index is 12.0. The van der Waals surface area contributed by atoms with E-state index in [0.29, 0.717) is 31.1 Å². The number of carbonyl (C=O) groups is 2. The van der Waals surface area contributed by atoms with Crippen molar-refractivity contribution in [3.63, 3.8) is 0 Å². The molecular formula is C31H30N4O4. The number of H-pyrrole nitrogens is 1. The number of rotatable bonds is 8. The number of carbonyl (C=O) groups excluding carboxylic acids is 2. The van der Waals surface area contributed by atoms with E-state index in [1.165, 1.54) is 0 Å². The SMILES string of the molecule is CCOC(=O)c1cc(-c2ccccc2)n(Cc2ccccc2)n1.CCOC(=O)c1cc(-c2ccccc2)n[nH]1. The van der Waals surface area contributed by atoms with E-state index in [1.807, 2.05) is 95.7 Å². The maximum atomic E-state index is 12.0. The van der Waals surface area contributed by atoms with Gasteiger partial charge in [0.05, 0.1) is 31.1 Å². The van der Waals surface area contributed by atoms with Crippen molar-refractivity contribution in [3.8, 4) is 22.5 Å². The third-order valence-electron chi connectivity index (χ3n) is 5.65. The van der Waals surface area contributed by atoms with Crippen molar-refractivity contribution in [3.05, 3.63) is 120 Å². The van der Waals surface area contributed by atoms with Gasteiger partial charge in [-0.2, -0.15) is 10.2 Å². The predicted molar refractivity (Wildman–Crippen MR) is 149 cm³/mol. The molecule has 3 aromatic carbocycles. The summed E-state index contributed by atoms with van der Waals surface area (Å²) in [6.07, 6.45) is 0. The highest BCUT2D eigenvalue weighted by Gasteiger charge is 2.16. The Morgan fingerprint density at radius 2 is 1.31 bits per heavy atom. The smallest absolute Gasteiger partial charge is 0.358 e. The number of nitrogens with zero attached hydrogens (tertiary/aromatic N) is 3. The summed E-state index contributed by atoms with van der Waals surface area (Å²) in [5.74, 6) is -0.770. The molecule has 0 atom stereocenters. The van der Waals surface area contributed by atoms with E-state index < -0.39 is 5.97 Å². The first-order valence-corrected chi connectivity index (χ1v) is 12.7. The Labute approximate surface area is 227 Å². The fourth-order valence-corrected chi connectivity index (χ4v) is 3.83. The fourth-order valence-electron chi connectivity index (χ4n) is 3.83. The van der Waals surface area contributed by atoms with Gasteiger partial charge in [-0.1, -0.05) is 91.0 Å². The van der Waals surface area contributed by atoms with E-state index in [1.54, 1.807) is 26.0 Å². The van der Waals surface area contributed by atoms with E-state index in [9.17, 15) is 9.59 Å². The molecule has 0 spiro atoms. The molecule has 0 saturated carbocycles. The van der Waals surface area contributed by atoms with Crippen LogP contribution in [0.4, 0.5) is 0 Å². The number of ether oxygens (including phenoxy) is 2. The lowest BCUT2D eigenvalue weighted by Crippen LogP contribution is -2.08. The Morgan fingerprint density at radius 3 is 1.92 bits per heavy atom. The highest BCUT2D eigenvalue weighted by molar-refractivity contribution is 5.89. The van der Waals surface area contributed by atoms with Crippen LogP contribution in [-0.2, 0) is 16.0 Å². The van der Waals surface area contributed by atoms with Crippen LogP contribution >= 0.6 is 0 Å². The third-order valence-corrected chi connectivity index (χ3v) is 5.65. The molecule has 5 rings (SSSR count). The molecule has 0 saturated heterocycles. The number of nitrogens with one attached hydrogen (secondary N) is 1. The van der Waals surface area contributed by atoms with Gasteiger partial charge in [-0.25, -0.2) is 9.59 Å². The first kappa shape index (κ1) is 27.1. The summed E-state index contributed by atoms with van der Waals surface area (Å²) in [6.45, 7) is 4.86. The van der Waals surface area contributed by atoms with Crippen LogP contribution in [0.2, 0.25) is 0 Å². The molecule has 198 valence electrons. The van der Waals surface area contributed by atoms with Gasteiger partial charge in [-0.05, 0) is 37.1 Å². The van der Waals surface area contributed by atoms with Gasteiger partial charge in [-0.15, -0.1) is 0 Å². The number of benzene rings is 3. The number of hydrogen-bond donors (Lipinski definition) is 1. The van der Waals surface area contributed by atoms with Crippen LogP contribution in [0.25, 0.3) is 22.5 Å². The molecule has 0 aliphatic heterocycles. The van der Waals surface area contributed by atoms with E-state index >= 15 is 0 Å². The van der Waals surface area contributed by atoms with Gasteiger partial charge in [0, 0.05) is 5.56 Å². The molecular weight excluding hydrogens is 492 g/mol. The van der Waals surface area contributed by atoms with Crippen LogP contribution < -0.4 is 0 Å². The van der Waals surface area contributed by atoms with Crippen LogP contribution in [0.5, 0.6) is 0 Å². The van der Waals surface area contributed by atoms with Crippen molar-refractivity contribution < 1.29 is 19.1 Å². The Kier molecular flexibility index (Phi) is 9.39. The highest BCUT2D eigenvalue weighted by atomic mass is 16.5. The van der Waals surface area contributed by atoms with Crippen LogP contribution in [0, 0.1) is 0 Å². The van der Waals surface area contributed by atoms with Crippen LogP contribution in [-0.4, -0.2) is 45.1 Å². The van der Waals surface area contributed by atoms with Crippen molar-refractivity contribution in [2.24, 2.45) is 0 Å². The summed E-state index contributed by atoms with van der Waals surface area (Å²) in [7, 11) is 0. The topological polar surface area (TPSA) is 99.1 Å². The largest absolute Gasteiger partial charge is 0.461 e. The molecule has 0 amide bonds. The first-order valence-electron chi connectivity index (χ1n) is 12.7.